The number of benzene rings is 3. The zero-order valence-electron chi connectivity index (χ0n) is 25.2. The second kappa shape index (κ2) is 13.7. The van der Waals surface area contributed by atoms with E-state index >= 15 is 0 Å². The Labute approximate surface area is 261 Å². The molecule has 45 heavy (non-hydrogen) atoms. The van der Waals surface area contributed by atoms with Crippen molar-refractivity contribution in [3.8, 4) is 28.1 Å². The largest absolute Gasteiger partial charge is 0.494 e. The summed E-state index contributed by atoms with van der Waals surface area (Å²) < 4.78 is 13.5. The smallest absolute Gasteiger partial charge is 0.270 e. The second-order valence-electron chi connectivity index (χ2n) is 11.0. The fourth-order valence-electron chi connectivity index (χ4n) is 5.63. The maximum absolute atomic E-state index is 12.9. The molecule has 10 heteroatoms. The lowest BCUT2D eigenvalue weighted by Gasteiger charge is -2.34. The van der Waals surface area contributed by atoms with E-state index in [-0.39, 0.29) is 23.1 Å². The Morgan fingerprint density at radius 1 is 0.889 bits per heavy atom. The van der Waals surface area contributed by atoms with E-state index in [1.165, 1.54) is 6.07 Å². The Balaban J connectivity index is 1.23. The fourth-order valence-corrected chi connectivity index (χ4v) is 5.63. The molecular weight excluding hydrogens is 570 g/mol. The second-order valence-corrected chi connectivity index (χ2v) is 11.0. The SMILES string of the molecule is CCOc1cccc(-c2ccc3nc(-c4cccc([N+](=O)[O-])c4)c(CN4CCN(C(=O)COCc5ccccc5)CC4)n3c2)c1. The molecule has 5 aromatic rings. The molecule has 1 fully saturated rings. The maximum atomic E-state index is 12.9. The Morgan fingerprint density at radius 2 is 1.67 bits per heavy atom. The molecule has 0 spiro atoms. The topological polar surface area (TPSA) is 102 Å². The molecule has 0 N–H and O–H groups in total. The molecule has 0 saturated carbocycles. The van der Waals surface area contributed by atoms with Gasteiger partial charge in [-0.2, -0.15) is 0 Å². The third-order valence-corrected chi connectivity index (χ3v) is 7.96. The number of nitro benzene ring substituents is 1. The van der Waals surface area contributed by atoms with Gasteiger partial charge in [-0.3, -0.25) is 19.8 Å². The van der Waals surface area contributed by atoms with Gasteiger partial charge in [0.1, 0.15) is 18.0 Å². The van der Waals surface area contributed by atoms with Crippen LogP contribution in [0.3, 0.4) is 0 Å². The summed E-state index contributed by atoms with van der Waals surface area (Å²) in [4.78, 5) is 33.1. The molecule has 0 aliphatic carbocycles. The number of nitrogens with zero attached hydrogens (tertiary/aromatic N) is 5. The fraction of sp³-hybridized carbons (Fsp3) is 0.257. The van der Waals surface area contributed by atoms with Crippen LogP contribution < -0.4 is 4.74 Å². The first-order chi connectivity index (χ1) is 22.0. The predicted molar refractivity (Wildman–Crippen MR) is 172 cm³/mol. The molecule has 3 aromatic carbocycles. The maximum Gasteiger partial charge on any atom is 0.270 e. The number of amides is 1. The average molecular weight is 606 g/mol. The van der Waals surface area contributed by atoms with Crippen molar-refractivity contribution < 1.29 is 19.2 Å². The van der Waals surface area contributed by atoms with Crippen molar-refractivity contribution in [3.05, 3.63) is 119 Å². The standard InChI is InChI=1S/C35H35N5O5/c1-2-45-31-13-7-10-27(21-31)29-14-15-33-36-35(28-11-6-12-30(20-28)40(42)43)32(39(33)22-29)23-37-16-18-38(19-17-37)34(41)25-44-24-26-8-4-3-5-9-26/h3-15,20-22H,2,16-19,23-25H2,1H3. The zero-order valence-corrected chi connectivity index (χ0v) is 25.2. The number of imidazole rings is 1. The lowest BCUT2D eigenvalue weighted by molar-refractivity contribution is -0.384. The van der Waals surface area contributed by atoms with Crippen molar-refractivity contribution in [1.29, 1.82) is 0 Å². The third-order valence-electron chi connectivity index (χ3n) is 7.96. The van der Waals surface area contributed by atoms with Gasteiger partial charge in [0.15, 0.2) is 0 Å². The normalized spacial score (nSPS) is 13.7. The van der Waals surface area contributed by atoms with Crippen LogP contribution in [-0.2, 0) is 22.7 Å². The Morgan fingerprint density at radius 3 is 2.44 bits per heavy atom. The Kier molecular flexibility index (Phi) is 9.14. The highest BCUT2D eigenvalue weighted by Crippen LogP contribution is 2.31. The van der Waals surface area contributed by atoms with E-state index in [1.54, 1.807) is 12.1 Å². The zero-order chi connectivity index (χ0) is 31.2. The van der Waals surface area contributed by atoms with E-state index in [2.05, 4.69) is 15.5 Å². The highest BCUT2D eigenvalue weighted by molar-refractivity contribution is 5.77. The molecule has 2 aromatic heterocycles. The molecule has 6 rings (SSSR count). The number of rotatable bonds is 11. The first-order valence-corrected chi connectivity index (χ1v) is 15.1. The molecular formula is C35H35N5O5. The molecule has 0 bridgehead atoms. The van der Waals surface area contributed by atoms with Crippen LogP contribution in [0.4, 0.5) is 5.69 Å². The number of hydrogen-bond donors (Lipinski definition) is 0. The number of carbonyl (C=O) groups is 1. The summed E-state index contributed by atoms with van der Waals surface area (Å²) >= 11 is 0. The van der Waals surface area contributed by atoms with Gasteiger partial charge in [-0.25, -0.2) is 4.98 Å². The van der Waals surface area contributed by atoms with Gasteiger partial charge in [0, 0.05) is 56.6 Å². The van der Waals surface area contributed by atoms with Crippen LogP contribution in [0.15, 0.2) is 97.2 Å². The van der Waals surface area contributed by atoms with Crippen molar-refractivity contribution in [1.82, 2.24) is 19.2 Å². The van der Waals surface area contributed by atoms with Gasteiger partial charge >= 0.3 is 0 Å². The molecule has 1 saturated heterocycles. The van der Waals surface area contributed by atoms with E-state index in [0.29, 0.717) is 57.2 Å². The van der Waals surface area contributed by atoms with Crippen molar-refractivity contribution in [2.75, 3.05) is 39.4 Å². The van der Waals surface area contributed by atoms with Crippen LogP contribution in [0, 0.1) is 10.1 Å². The quantitative estimate of drug-likeness (QED) is 0.138. The van der Waals surface area contributed by atoms with Gasteiger partial charge < -0.3 is 18.8 Å². The van der Waals surface area contributed by atoms with E-state index in [9.17, 15) is 14.9 Å². The Hall–Kier alpha value is -5.06. The molecule has 230 valence electrons. The molecule has 10 nitrogen and oxygen atoms in total. The van der Waals surface area contributed by atoms with Crippen molar-refractivity contribution in [3.63, 3.8) is 0 Å². The van der Waals surface area contributed by atoms with Gasteiger partial charge in [-0.05, 0) is 47.9 Å². The molecule has 1 amide bonds. The van der Waals surface area contributed by atoms with Crippen molar-refractivity contribution in [2.45, 2.75) is 20.1 Å². The first-order valence-electron chi connectivity index (χ1n) is 15.1. The summed E-state index contributed by atoms with van der Waals surface area (Å²) in [6.45, 7) is 6.10. The van der Waals surface area contributed by atoms with Gasteiger partial charge in [-0.15, -0.1) is 0 Å². The molecule has 3 heterocycles. The summed E-state index contributed by atoms with van der Waals surface area (Å²) in [5, 5.41) is 11.6. The Bertz CT molecular complexity index is 1800. The summed E-state index contributed by atoms with van der Waals surface area (Å²) in [5.74, 6) is 0.785. The summed E-state index contributed by atoms with van der Waals surface area (Å²) in [7, 11) is 0. The minimum Gasteiger partial charge on any atom is -0.494 e. The minimum absolute atomic E-state index is 0.0170. The van der Waals surface area contributed by atoms with Crippen LogP contribution in [0.2, 0.25) is 0 Å². The van der Waals surface area contributed by atoms with Gasteiger partial charge in [-0.1, -0.05) is 54.6 Å². The van der Waals surface area contributed by atoms with Gasteiger partial charge in [0.25, 0.3) is 5.69 Å². The monoisotopic (exact) mass is 605 g/mol. The molecule has 0 atom stereocenters. The molecule has 1 aliphatic rings. The number of carbonyl (C=O) groups excluding carboxylic acids is 1. The first kappa shape index (κ1) is 30.0. The lowest BCUT2D eigenvalue weighted by Crippen LogP contribution is -2.49. The van der Waals surface area contributed by atoms with E-state index in [1.807, 2.05) is 84.6 Å². The highest BCUT2D eigenvalue weighted by atomic mass is 16.6. The summed E-state index contributed by atoms with van der Waals surface area (Å²) in [6, 6.07) is 28.4. The van der Waals surface area contributed by atoms with Crippen LogP contribution in [0.1, 0.15) is 18.2 Å². The van der Waals surface area contributed by atoms with Gasteiger partial charge in [0.2, 0.25) is 5.91 Å². The number of nitro groups is 1. The number of ether oxygens (including phenoxy) is 2. The van der Waals surface area contributed by atoms with Crippen molar-refractivity contribution in [2.24, 2.45) is 0 Å². The number of pyridine rings is 1. The van der Waals surface area contributed by atoms with Crippen LogP contribution in [0.25, 0.3) is 28.0 Å². The minimum atomic E-state index is -0.387. The van der Waals surface area contributed by atoms with E-state index < -0.39 is 0 Å². The molecule has 1 aliphatic heterocycles. The number of fused-ring (bicyclic) bond motifs is 1. The van der Waals surface area contributed by atoms with Crippen LogP contribution in [0.5, 0.6) is 5.75 Å². The number of aromatic nitrogens is 2. The summed E-state index contributed by atoms with van der Waals surface area (Å²) in [6.07, 6.45) is 2.06. The molecule has 0 unspecified atom stereocenters. The number of non-ortho nitro benzene ring substituents is 1. The summed E-state index contributed by atoms with van der Waals surface area (Å²) in [5.41, 5.74) is 6.14. The van der Waals surface area contributed by atoms with Crippen LogP contribution >= 0.6 is 0 Å². The highest BCUT2D eigenvalue weighted by Gasteiger charge is 2.24. The lowest BCUT2D eigenvalue weighted by atomic mass is 10.1. The van der Waals surface area contributed by atoms with E-state index in [0.717, 1.165) is 33.8 Å². The number of hydrogen-bond acceptors (Lipinski definition) is 7. The number of piperazine rings is 1. The van der Waals surface area contributed by atoms with Crippen molar-refractivity contribution >= 4 is 17.2 Å². The molecule has 0 radical (unpaired) electrons. The predicted octanol–water partition coefficient (Wildman–Crippen LogP) is 5.84. The van der Waals surface area contributed by atoms with Gasteiger partial charge in [0.05, 0.1) is 29.5 Å². The third kappa shape index (κ3) is 7.03. The van der Waals surface area contributed by atoms with Crippen LogP contribution in [-0.4, -0.2) is 69.4 Å². The van der Waals surface area contributed by atoms with E-state index in [4.69, 9.17) is 14.5 Å². The average Bonchev–Trinajstić information content (AvgIpc) is 3.43.